The zero-order valence-electron chi connectivity index (χ0n) is 14.2. The van der Waals surface area contributed by atoms with E-state index in [1.165, 1.54) is 0 Å². The first kappa shape index (κ1) is 18.1. The molecule has 1 aromatic heterocycles. The van der Waals surface area contributed by atoms with Crippen molar-refractivity contribution in [1.82, 2.24) is 10.3 Å². The Hall–Kier alpha value is -2.73. The van der Waals surface area contributed by atoms with E-state index in [9.17, 15) is 9.59 Å². The first-order valence-corrected chi connectivity index (χ1v) is 8.97. The number of benzene rings is 2. The fourth-order valence-electron chi connectivity index (χ4n) is 2.62. The lowest BCUT2D eigenvalue weighted by molar-refractivity contribution is -0.141. The van der Waals surface area contributed by atoms with Crippen LogP contribution in [0.25, 0.3) is 22.2 Å². The van der Waals surface area contributed by atoms with E-state index in [2.05, 4.69) is 26.2 Å². The average Bonchev–Trinajstić information content (AvgIpc) is 2.65. The van der Waals surface area contributed by atoms with E-state index in [-0.39, 0.29) is 19.1 Å². The number of hydrogen-bond acceptors (Lipinski definition) is 4. The van der Waals surface area contributed by atoms with Gasteiger partial charge in [0.25, 0.3) is 5.91 Å². The largest absolute Gasteiger partial charge is 0.465 e. The maximum absolute atomic E-state index is 12.7. The highest BCUT2D eigenvalue weighted by Gasteiger charge is 2.15. The van der Waals surface area contributed by atoms with Crippen LogP contribution < -0.4 is 5.32 Å². The van der Waals surface area contributed by atoms with E-state index in [0.29, 0.717) is 16.8 Å². The number of carbonyl (C=O) groups excluding carboxylic acids is 2. The Labute approximate surface area is 159 Å². The molecule has 3 aromatic rings. The number of para-hydroxylation sites is 1. The minimum Gasteiger partial charge on any atom is -0.465 e. The fourth-order valence-corrected chi connectivity index (χ4v) is 3.02. The molecule has 5 nitrogen and oxygen atoms in total. The zero-order chi connectivity index (χ0) is 18.5. The smallest absolute Gasteiger partial charge is 0.325 e. The zero-order valence-corrected chi connectivity index (χ0v) is 15.7. The Morgan fingerprint density at radius 2 is 1.92 bits per heavy atom. The maximum Gasteiger partial charge on any atom is 0.325 e. The molecule has 132 valence electrons. The Morgan fingerprint density at radius 1 is 1.12 bits per heavy atom. The van der Waals surface area contributed by atoms with Crippen molar-refractivity contribution in [3.05, 3.63) is 64.6 Å². The van der Waals surface area contributed by atoms with Crippen LogP contribution in [0.1, 0.15) is 17.3 Å². The normalized spacial score (nSPS) is 10.5. The molecular formula is C20H17BrN2O3. The van der Waals surface area contributed by atoms with Gasteiger partial charge in [-0.3, -0.25) is 9.59 Å². The lowest BCUT2D eigenvalue weighted by atomic mass is 10.0. The molecule has 3 rings (SSSR count). The van der Waals surface area contributed by atoms with Gasteiger partial charge in [-0.25, -0.2) is 4.98 Å². The number of nitrogens with zero attached hydrogens (tertiary/aromatic N) is 1. The molecule has 1 amide bonds. The Morgan fingerprint density at radius 3 is 2.69 bits per heavy atom. The second kappa shape index (κ2) is 8.10. The first-order chi connectivity index (χ1) is 12.6. The van der Waals surface area contributed by atoms with Crippen molar-refractivity contribution in [3.8, 4) is 11.3 Å². The first-order valence-electron chi connectivity index (χ1n) is 8.18. The molecule has 0 bridgehead atoms. The Balaban J connectivity index is 2.00. The molecule has 0 unspecified atom stereocenters. The highest BCUT2D eigenvalue weighted by atomic mass is 79.9. The van der Waals surface area contributed by atoms with Crippen molar-refractivity contribution in [3.63, 3.8) is 0 Å². The molecule has 0 aliphatic heterocycles. The van der Waals surface area contributed by atoms with Gasteiger partial charge in [-0.2, -0.15) is 0 Å². The molecule has 0 fully saturated rings. The van der Waals surface area contributed by atoms with E-state index < -0.39 is 5.97 Å². The molecule has 0 spiro atoms. The minimum atomic E-state index is -0.466. The van der Waals surface area contributed by atoms with E-state index in [1.54, 1.807) is 13.0 Å². The molecule has 0 aliphatic rings. The van der Waals surface area contributed by atoms with Gasteiger partial charge >= 0.3 is 5.97 Å². The van der Waals surface area contributed by atoms with Gasteiger partial charge in [0.2, 0.25) is 0 Å². The molecule has 0 atom stereocenters. The molecular weight excluding hydrogens is 396 g/mol. The van der Waals surface area contributed by atoms with Gasteiger partial charge in [0.15, 0.2) is 0 Å². The summed E-state index contributed by atoms with van der Waals surface area (Å²) >= 11 is 3.45. The van der Waals surface area contributed by atoms with Crippen molar-refractivity contribution < 1.29 is 14.3 Å². The summed E-state index contributed by atoms with van der Waals surface area (Å²) in [6, 6.07) is 16.9. The lowest BCUT2D eigenvalue weighted by Gasteiger charge is -2.10. The standard InChI is InChI=1S/C20H17BrN2O3/c1-2-26-19(24)12-22-20(25)16-11-18(13-6-5-7-14(21)10-13)23-17-9-4-3-8-15(16)17/h3-11H,2,12H2,1H3,(H,22,25). The van der Waals surface area contributed by atoms with E-state index in [4.69, 9.17) is 4.74 Å². The number of nitrogens with one attached hydrogen (secondary N) is 1. The summed E-state index contributed by atoms with van der Waals surface area (Å²) in [5.74, 6) is -0.806. The van der Waals surface area contributed by atoms with Crippen molar-refractivity contribution in [1.29, 1.82) is 0 Å². The van der Waals surface area contributed by atoms with Gasteiger partial charge in [0, 0.05) is 15.4 Å². The monoisotopic (exact) mass is 412 g/mol. The number of ether oxygens (including phenoxy) is 1. The van der Waals surface area contributed by atoms with Crippen LogP contribution in [0.3, 0.4) is 0 Å². The maximum atomic E-state index is 12.7. The molecule has 1 heterocycles. The SMILES string of the molecule is CCOC(=O)CNC(=O)c1cc(-c2cccc(Br)c2)nc2ccccc12. The van der Waals surface area contributed by atoms with Crippen LogP contribution in [0.15, 0.2) is 59.1 Å². The number of halogens is 1. The second-order valence-corrected chi connectivity index (χ2v) is 6.49. The summed E-state index contributed by atoms with van der Waals surface area (Å²) < 4.78 is 5.78. The third-order valence-electron chi connectivity index (χ3n) is 3.78. The molecule has 1 N–H and O–H groups in total. The van der Waals surface area contributed by atoms with Gasteiger partial charge in [0.1, 0.15) is 6.54 Å². The predicted octanol–water partition coefficient (Wildman–Crippen LogP) is 3.96. The highest BCUT2D eigenvalue weighted by molar-refractivity contribution is 9.10. The summed E-state index contributed by atoms with van der Waals surface area (Å²) in [7, 11) is 0. The number of hydrogen-bond donors (Lipinski definition) is 1. The van der Waals surface area contributed by atoms with Crippen molar-refractivity contribution >= 4 is 38.7 Å². The molecule has 0 saturated heterocycles. The number of rotatable bonds is 5. The average molecular weight is 413 g/mol. The fraction of sp³-hybridized carbons (Fsp3) is 0.150. The molecule has 0 radical (unpaired) electrons. The van der Waals surface area contributed by atoms with Crippen LogP contribution in [0.5, 0.6) is 0 Å². The molecule has 0 aliphatic carbocycles. The van der Waals surface area contributed by atoms with E-state index in [0.717, 1.165) is 15.4 Å². The summed E-state index contributed by atoms with van der Waals surface area (Å²) in [4.78, 5) is 28.8. The van der Waals surface area contributed by atoms with Gasteiger partial charge in [-0.1, -0.05) is 46.3 Å². The van der Waals surface area contributed by atoms with Crippen molar-refractivity contribution in [2.45, 2.75) is 6.92 Å². The third kappa shape index (κ3) is 4.08. The summed E-state index contributed by atoms with van der Waals surface area (Å²) in [5, 5.41) is 3.34. The quantitative estimate of drug-likeness (QED) is 0.643. The van der Waals surface area contributed by atoms with Crippen LogP contribution >= 0.6 is 15.9 Å². The second-order valence-electron chi connectivity index (χ2n) is 5.57. The van der Waals surface area contributed by atoms with Crippen molar-refractivity contribution in [2.75, 3.05) is 13.2 Å². The Bertz CT molecular complexity index is 972. The molecule has 26 heavy (non-hydrogen) atoms. The summed E-state index contributed by atoms with van der Waals surface area (Å²) in [5.41, 5.74) is 2.76. The van der Waals surface area contributed by atoms with Gasteiger partial charge in [-0.15, -0.1) is 0 Å². The molecule has 6 heteroatoms. The number of amides is 1. The highest BCUT2D eigenvalue weighted by Crippen LogP contribution is 2.26. The van der Waals surface area contributed by atoms with Gasteiger partial charge in [-0.05, 0) is 31.2 Å². The number of fused-ring (bicyclic) bond motifs is 1. The van der Waals surface area contributed by atoms with Gasteiger partial charge in [0.05, 0.1) is 23.4 Å². The van der Waals surface area contributed by atoms with Gasteiger partial charge < -0.3 is 10.1 Å². The topological polar surface area (TPSA) is 68.3 Å². The number of esters is 1. The predicted molar refractivity (Wildman–Crippen MR) is 104 cm³/mol. The van der Waals surface area contributed by atoms with Crippen LogP contribution in [0.4, 0.5) is 0 Å². The number of pyridine rings is 1. The van der Waals surface area contributed by atoms with Crippen LogP contribution in [-0.2, 0) is 9.53 Å². The Kier molecular flexibility index (Phi) is 5.63. The molecule has 0 saturated carbocycles. The lowest BCUT2D eigenvalue weighted by Crippen LogP contribution is -2.30. The summed E-state index contributed by atoms with van der Waals surface area (Å²) in [6.45, 7) is 1.83. The molecule has 2 aromatic carbocycles. The van der Waals surface area contributed by atoms with Crippen molar-refractivity contribution in [2.24, 2.45) is 0 Å². The van der Waals surface area contributed by atoms with E-state index >= 15 is 0 Å². The van der Waals surface area contributed by atoms with Crippen LogP contribution in [0.2, 0.25) is 0 Å². The minimum absolute atomic E-state index is 0.171. The number of carbonyl (C=O) groups is 2. The van der Waals surface area contributed by atoms with Crippen LogP contribution in [-0.4, -0.2) is 30.0 Å². The van der Waals surface area contributed by atoms with Crippen LogP contribution in [0, 0.1) is 0 Å². The van der Waals surface area contributed by atoms with E-state index in [1.807, 2.05) is 48.5 Å². The number of aromatic nitrogens is 1. The third-order valence-corrected chi connectivity index (χ3v) is 4.27. The summed E-state index contributed by atoms with van der Waals surface area (Å²) in [6.07, 6.45) is 0.